The third-order valence-electron chi connectivity index (χ3n) is 4.80. The zero-order valence-corrected chi connectivity index (χ0v) is 17.1. The number of hydrogen-bond donors (Lipinski definition) is 1. The average Bonchev–Trinajstić information content (AvgIpc) is 3.33. The Labute approximate surface area is 169 Å². The van der Waals surface area contributed by atoms with Gasteiger partial charge in [0.2, 0.25) is 17.6 Å². The second-order valence-corrected chi connectivity index (χ2v) is 8.22. The van der Waals surface area contributed by atoms with Crippen molar-refractivity contribution in [2.75, 3.05) is 0 Å². The van der Waals surface area contributed by atoms with E-state index in [0.717, 1.165) is 0 Å². The molecule has 8 heteroatoms. The van der Waals surface area contributed by atoms with Crippen LogP contribution in [0.2, 0.25) is 0 Å². The van der Waals surface area contributed by atoms with Gasteiger partial charge in [0, 0.05) is 37.3 Å². The van der Waals surface area contributed by atoms with E-state index < -0.39 is 0 Å². The minimum absolute atomic E-state index is 0.0574. The molecule has 1 unspecified atom stereocenters. The predicted octanol–water partition coefficient (Wildman–Crippen LogP) is 3.54. The van der Waals surface area contributed by atoms with Gasteiger partial charge in [-0.05, 0) is 24.0 Å². The smallest absolute Gasteiger partial charge is 0.227 e. The second kappa shape index (κ2) is 8.55. The van der Waals surface area contributed by atoms with Crippen LogP contribution in [-0.4, -0.2) is 31.6 Å². The van der Waals surface area contributed by atoms with Gasteiger partial charge in [0.1, 0.15) is 5.82 Å². The molecule has 2 aromatic heterocycles. The van der Waals surface area contributed by atoms with E-state index >= 15 is 0 Å². The first kappa shape index (κ1) is 20.7. The van der Waals surface area contributed by atoms with E-state index in [4.69, 9.17) is 4.52 Å². The number of amides is 1. The number of imidazole rings is 1. The Balaban J connectivity index is 1.58. The largest absolute Gasteiger partial charge is 0.351 e. The van der Waals surface area contributed by atoms with Gasteiger partial charge in [-0.25, -0.2) is 9.37 Å². The molecule has 0 fully saturated rings. The van der Waals surface area contributed by atoms with Gasteiger partial charge in [-0.3, -0.25) is 4.79 Å². The normalized spacial score (nSPS) is 12.7. The van der Waals surface area contributed by atoms with Crippen LogP contribution >= 0.6 is 0 Å². The third kappa shape index (κ3) is 5.49. The van der Waals surface area contributed by atoms with Gasteiger partial charge in [0.25, 0.3) is 0 Å². The first-order valence-corrected chi connectivity index (χ1v) is 9.56. The molecule has 2 heterocycles. The Morgan fingerprint density at radius 2 is 2.14 bits per heavy atom. The number of nitrogens with one attached hydrogen (secondary N) is 1. The number of aryl methyl sites for hydroxylation is 2. The SMILES string of the molecule is Cc1ccc(-c2noc(CCC(=O)NC(Cn3ccnc3)C(C)(C)C)n2)cc1F. The molecule has 0 aliphatic heterocycles. The fourth-order valence-electron chi connectivity index (χ4n) is 2.83. The van der Waals surface area contributed by atoms with Crippen molar-refractivity contribution in [1.82, 2.24) is 25.0 Å². The van der Waals surface area contributed by atoms with E-state index in [1.165, 1.54) is 6.07 Å². The quantitative estimate of drug-likeness (QED) is 0.657. The summed E-state index contributed by atoms with van der Waals surface area (Å²) >= 11 is 0. The van der Waals surface area contributed by atoms with Crippen molar-refractivity contribution in [3.63, 3.8) is 0 Å². The molecular formula is C21H26FN5O2. The lowest BCUT2D eigenvalue weighted by molar-refractivity contribution is -0.122. The second-order valence-electron chi connectivity index (χ2n) is 8.22. The van der Waals surface area contributed by atoms with Gasteiger partial charge in [-0.1, -0.05) is 38.1 Å². The molecule has 154 valence electrons. The van der Waals surface area contributed by atoms with Crippen molar-refractivity contribution >= 4 is 5.91 Å². The zero-order valence-electron chi connectivity index (χ0n) is 17.1. The summed E-state index contributed by atoms with van der Waals surface area (Å²) in [4.78, 5) is 20.8. The summed E-state index contributed by atoms with van der Waals surface area (Å²) in [7, 11) is 0. The van der Waals surface area contributed by atoms with Crippen LogP contribution in [0.3, 0.4) is 0 Å². The number of nitrogens with zero attached hydrogens (tertiary/aromatic N) is 4. The molecule has 0 aliphatic rings. The molecule has 1 amide bonds. The number of hydrogen-bond acceptors (Lipinski definition) is 5. The maximum atomic E-state index is 13.7. The molecule has 0 aliphatic carbocycles. The molecule has 1 N–H and O–H groups in total. The molecule has 0 spiro atoms. The summed E-state index contributed by atoms with van der Waals surface area (Å²) in [6.07, 6.45) is 5.86. The summed E-state index contributed by atoms with van der Waals surface area (Å²) in [5, 5.41) is 6.98. The molecule has 0 saturated carbocycles. The fourth-order valence-corrected chi connectivity index (χ4v) is 2.83. The Morgan fingerprint density at radius 1 is 1.34 bits per heavy atom. The summed E-state index contributed by atoms with van der Waals surface area (Å²) in [5.74, 6) is 0.246. The summed E-state index contributed by atoms with van der Waals surface area (Å²) in [6.45, 7) is 8.58. The molecule has 3 aromatic rings. The molecule has 0 bridgehead atoms. The monoisotopic (exact) mass is 399 g/mol. The van der Waals surface area contributed by atoms with Gasteiger partial charge in [0.05, 0.1) is 12.4 Å². The molecule has 7 nitrogen and oxygen atoms in total. The van der Waals surface area contributed by atoms with Crippen molar-refractivity contribution in [2.24, 2.45) is 5.41 Å². The lowest BCUT2D eigenvalue weighted by Gasteiger charge is -2.31. The van der Waals surface area contributed by atoms with Crippen LogP contribution in [-0.2, 0) is 17.8 Å². The van der Waals surface area contributed by atoms with E-state index in [1.54, 1.807) is 31.6 Å². The van der Waals surface area contributed by atoms with Gasteiger partial charge in [-0.2, -0.15) is 4.98 Å². The van der Waals surface area contributed by atoms with Gasteiger partial charge < -0.3 is 14.4 Å². The minimum atomic E-state index is -0.320. The molecular weight excluding hydrogens is 373 g/mol. The molecule has 29 heavy (non-hydrogen) atoms. The first-order chi connectivity index (χ1) is 13.7. The van der Waals surface area contributed by atoms with Crippen molar-refractivity contribution in [3.05, 3.63) is 54.2 Å². The van der Waals surface area contributed by atoms with E-state index in [1.807, 2.05) is 10.8 Å². The van der Waals surface area contributed by atoms with Crippen molar-refractivity contribution in [1.29, 1.82) is 0 Å². The molecule has 0 saturated heterocycles. The number of rotatable bonds is 7. The van der Waals surface area contributed by atoms with E-state index in [2.05, 4.69) is 41.2 Å². The van der Waals surface area contributed by atoms with Crippen molar-refractivity contribution in [2.45, 2.75) is 53.1 Å². The predicted molar refractivity (Wildman–Crippen MR) is 106 cm³/mol. The van der Waals surface area contributed by atoms with Crippen LogP contribution in [0.1, 0.15) is 38.6 Å². The Hall–Kier alpha value is -3.03. The number of halogens is 1. The molecule has 3 rings (SSSR count). The lowest BCUT2D eigenvalue weighted by atomic mass is 9.86. The standard InChI is InChI=1S/C21H26FN5O2/c1-14-5-6-15(11-16(14)22)20-25-19(29-26-20)8-7-18(28)24-17(21(2,3)4)12-27-10-9-23-13-27/h5-6,9-11,13,17H,7-8,12H2,1-4H3,(H,24,28). The van der Waals surface area contributed by atoms with Crippen LogP contribution in [0, 0.1) is 18.2 Å². The van der Waals surface area contributed by atoms with Crippen LogP contribution in [0.5, 0.6) is 0 Å². The topological polar surface area (TPSA) is 85.8 Å². The zero-order chi connectivity index (χ0) is 21.0. The van der Waals surface area contributed by atoms with Crippen LogP contribution in [0.4, 0.5) is 4.39 Å². The number of carbonyl (C=O) groups excluding carboxylic acids is 1. The summed E-state index contributed by atoms with van der Waals surface area (Å²) < 4.78 is 20.9. The van der Waals surface area contributed by atoms with Gasteiger partial charge in [-0.15, -0.1) is 0 Å². The highest BCUT2D eigenvalue weighted by Gasteiger charge is 2.26. The maximum absolute atomic E-state index is 13.7. The van der Waals surface area contributed by atoms with E-state index in [9.17, 15) is 9.18 Å². The highest BCUT2D eigenvalue weighted by Crippen LogP contribution is 2.22. The van der Waals surface area contributed by atoms with E-state index in [0.29, 0.717) is 35.8 Å². The lowest BCUT2D eigenvalue weighted by Crippen LogP contribution is -2.46. The number of carbonyl (C=O) groups is 1. The third-order valence-corrected chi connectivity index (χ3v) is 4.80. The first-order valence-electron chi connectivity index (χ1n) is 9.56. The highest BCUT2D eigenvalue weighted by atomic mass is 19.1. The number of benzene rings is 1. The Morgan fingerprint density at radius 3 is 2.79 bits per heavy atom. The fraction of sp³-hybridized carbons (Fsp3) is 0.429. The van der Waals surface area contributed by atoms with Crippen LogP contribution in [0.15, 0.2) is 41.4 Å². The summed E-state index contributed by atoms with van der Waals surface area (Å²) in [5.41, 5.74) is 0.978. The number of aromatic nitrogens is 4. The molecule has 1 atom stereocenters. The van der Waals surface area contributed by atoms with Crippen molar-refractivity contribution < 1.29 is 13.7 Å². The Kier molecular flexibility index (Phi) is 6.10. The average molecular weight is 399 g/mol. The van der Waals surface area contributed by atoms with Gasteiger partial charge in [0.15, 0.2) is 0 Å². The van der Waals surface area contributed by atoms with Gasteiger partial charge >= 0.3 is 0 Å². The van der Waals surface area contributed by atoms with E-state index in [-0.39, 0.29) is 29.6 Å². The maximum Gasteiger partial charge on any atom is 0.227 e. The van der Waals surface area contributed by atoms with Crippen molar-refractivity contribution in [3.8, 4) is 11.4 Å². The molecule has 1 aromatic carbocycles. The minimum Gasteiger partial charge on any atom is -0.351 e. The van der Waals surface area contributed by atoms with Crippen LogP contribution < -0.4 is 5.32 Å². The highest BCUT2D eigenvalue weighted by molar-refractivity contribution is 5.76. The van der Waals surface area contributed by atoms with Crippen LogP contribution in [0.25, 0.3) is 11.4 Å². The Bertz CT molecular complexity index is 960. The molecule has 0 radical (unpaired) electrons. The summed E-state index contributed by atoms with van der Waals surface area (Å²) in [6, 6.07) is 4.73.